The second-order valence-corrected chi connectivity index (χ2v) is 9.10. The molecule has 0 saturated heterocycles. The van der Waals surface area contributed by atoms with Gasteiger partial charge in [-0.15, -0.1) is 0 Å². The van der Waals surface area contributed by atoms with Crippen LogP contribution in [0.4, 0.5) is 0 Å². The van der Waals surface area contributed by atoms with E-state index in [-0.39, 0.29) is 35.8 Å². The molecule has 1 unspecified atom stereocenters. The van der Waals surface area contributed by atoms with Crippen molar-refractivity contribution in [2.24, 2.45) is 0 Å². The van der Waals surface area contributed by atoms with Crippen molar-refractivity contribution >= 4 is 11.7 Å². The van der Waals surface area contributed by atoms with E-state index in [9.17, 15) is 19.8 Å². The van der Waals surface area contributed by atoms with Crippen molar-refractivity contribution in [2.75, 3.05) is 6.61 Å². The standard InChI is InChI=1S/C30H31NO5/c1-4-36-26-17-22(13-15-24(26)32)28-27(25(33)14-12-21-8-6-5-7-9-21)29(34)30(35)31(28)18-23-16-19(2)10-11-20(23)3/h5-11,13,15-17,28,32,34H,4,12,14,18H2,1-3H3. The van der Waals surface area contributed by atoms with Crippen LogP contribution in [0.5, 0.6) is 11.5 Å². The van der Waals surface area contributed by atoms with Crippen LogP contribution in [0, 0.1) is 13.8 Å². The highest BCUT2D eigenvalue weighted by atomic mass is 16.5. The number of carbonyl (C=O) groups excluding carboxylic acids is 2. The van der Waals surface area contributed by atoms with Gasteiger partial charge < -0.3 is 19.8 Å². The molecule has 6 heteroatoms. The first-order chi connectivity index (χ1) is 17.3. The molecule has 1 amide bonds. The highest BCUT2D eigenvalue weighted by Gasteiger charge is 2.43. The third-order valence-corrected chi connectivity index (χ3v) is 6.53. The monoisotopic (exact) mass is 485 g/mol. The van der Waals surface area contributed by atoms with Crippen molar-refractivity contribution < 1.29 is 24.5 Å². The molecule has 1 aliphatic heterocycles. The summed E-state index contributed by atoms with van der Waals surface area (Å²) < 4.78 is 5.56. The van der Waals surface area contributed by atoms with E-state index in [1.807, 2.05) is 69.3 Å². The summed E-state index contributed by atoms with van der Waals surface area (Å²) in [5.74, 6) is -1.17. The van der Waals surface area contributed by atoms with Crippen LogP contribution >= 0.6 is 0 Å². The smallest absolute Gasteiger partial charge is 0.290 e. The van der Waals surface area contributed by atoms with Crippen LogP contribution in [-0.4, -0.2) is 33.4 Å². The van der Waals surface area contributed by atoms with Gasteiger partial charge in [-0.05, 0) is 61.6 Å². The number of aryl methyl sites for hydroxylation is 3. The first kappa shape index (κ1) is 25.0. The Morgan fingerprint density at radius 3 is 2.47 bits per heavy atom. The van der Waals surface area contributed by atoms with E-state index < -0.39 is 17.7 Å². The van der Waals surface area contributed by atoms with Crippen molar-refractivity contribution in [1.29, 1.82) is 0 Å². The van der Waals surface area contributed by atoms with Crippen LogP contribution in [0.2, 0.25) is 0 Å². The van der Waals surface area contributed by atoms with E-state index in [4.69, 9.17) is 4.74 Å². The Bertz CT molecular complexity index is 1310. The lowest BCUT2D eigenvalue weighted by Crippen LogP contribution is -2.31. The molecule has 36 heavy (non-hydrogen) atoms. The van der Waals surface area contributed by atoms with Crippen molar-refractivity contribution in [3.05, 3.63) is 106 Å². The predicted octanol–water partition coefficient (Wildman–Crippen LogP) is 5.51. The fourth-order valence-electron chi connectivity index (χ4n) is 4.61. The molecular formula is C30H31NO5. The van der Waals surface area contributed by atoms with Crippen LogP contribution in [0.3, 0.4) is 0 Å². The number of aromatic hydroxyl groups is 1. The normalized spacial score (nSPS) is 15.5. The summed E-state index contributed by atoms with van der Waals surface area (Å²) in [5.41, 5.74) is 4.66. The Morgan fingerprint density at radius 2 is 1.75 bits per heavy atom. The average Bonchev–Trinajstić information content (AvgIpc) is 3.12. The van der Waals surface area contributed by atoms with E-state index in [1.54, 1.807) is 12.1 Å². The van der Waals surface area contributed by atoms with Gasteiger partial charge in [0, 0.05) is 13.0 Å². The number of carbonyl (C=O) groups is 2. The number of phenolic OH excluding ortho intramolecular Hbond substituents is 1. The Kier molecular flexibility index (Phi) is 7.44. The van der Waals surface area contributed by atoms with Crippen molar-refractivity contribution in [1.82, 2.24) is 4.90 Å². The first-order valence-corrected chi connectivity index (χ1v) is 12.1. The molecule has 0 saturated carbocycles. The van der Waals surface area contributed by atoms with Crippen LogP contribution in [0.1, 0.15) is 47.2 Å². The fraction of sp³-hybridized carbons (Fsp3) is 0.267. The van der Waals surface area contributed by atoms with Gasteiger partial charge in [-0.3, -0.25) is 9.59 Å². The number of phenols is 1. The maximum Gasteiger partial charge on any atom is 0.290 e. The Labute approximate surface area is 211 Å². The number of hydrogen-bond acceptors (Lipinski definition) is 5. The molecule has 0 radical (unpaired) electrons. The summed E-state index contributed by atoms with van der Waals surface area (Å²) in [7, 11) is 0. The van der Waals surface area contributed by atoms with Gasteiger partial charge in [0.15, 0.2) is 23.0 Å². The van der Waals surface area contributed by atoms with E-state index in [1.165, 1.54) is 11.0 Å². The number of ketones is 1. The summed E-state index contributed by atoms with van der Waals surface area (Å²) in [5, 5.41) is 21.2. The molecule has 6 nitrogen and oxygen atoms in total. The minimum Gasteiger partial charge on any atom is -0.504 e. The molecule has 0 bridgehead atoms. The second-order valence-electron chi connectivity index (χ2n) is 9.10. The molecule has 0 fully saturated rings. The quantitative estimate of drug-likeness (QED) is 0.418. The molecule has 3 aromatic carbocycles. The van der Waals surface area contributed by atoms with Crippen LogP contribution < -0.4 is 4.74 Å². The molecule has 186 valence electrons. The largest absolute Gasteiger partial charge is 0.504 e. The zero-order valence-electron chi connectivity index (χ0n) is 20.8. The molecule has 1 heterocycles. The van der Waals surface area contributed by atoms with E-state index in [0.717, 1.165) is 22.3 Å². The van der Waals surface area contributed by atoms with E-state index in [0.29, 0.717) is 18.6 Å². The third kappa shape index (κ3) is 5.13. The zero-order valence-corrected chi connectivity index (χ0v) is 20.8. The lowest BCUT2D eigenvalue weighted by atomic mass is 9.92. The Hall–Kier alpha value is -4.06. The number of Topliss-reactive ketones (excluding diaryl/α,β-unsaturated/α-hetero) is 1. The average molecular weight is 486 g/mol. The summed E-state index contributed by atoms with van der Waals surface area (Å²) in [6.07, 6.45) is 0.648. The predicted molar refractivity (Wildman–Crippen MR) is 138 cm³/mol. The molecule has 0 aliphatic carbocycles. The van der Waals surface area contributed by atoms with Crippen molar-refractivity contribution in [3.63, 3.8) is 0 Å². The number of hydrogen-bond donors (Lipinski definition) is 2. The van der Waals surface area contributed by atoms with Gasteiger partial charge in [-0.1, -0.05) is 60.2 Å². The van der Waals surface area contributed by atoms with Gasteiger partial charge in [-0.25, -0.2) is 0 Å². The fourth-order valence-corrected chi connectivity index (χ4v) is 4.61. The number of amides is 1. The molecule has 0 aromatic heterocycles. The van der Waals surface area contributed by atoms with E-state index in [2.05, 4.69) is 0 Å². The van der Waals surface area contributed by atoms with Crippen molar-refractivity contribution in [3.8, 4) is 11.5 Å². The maximum atomic E-state index is 13.5. The number of nitrogens with zero attached hydrogens (tertiary/aromatic N) is 1. The molecule has 1 aliphatic rings. The SMILES string of the molecule is CCOc1cc(C2C(C(=O)CCc3ccccc3)=C(O)C(=O)N2Cc2cc(C)ccc2C)ccc1O. The number of aliphatic hydroxyl groups excluding tert-OH is 1. The topological polar surface area (TPSA) is 87.1 Å². The minimum atomic E-state index is -0.805. The van der Waals surface area contributed by atoms with Crippen molar-refractivity contribution in [2.45, 2.75) is 46.2 Å². The van der Waals surface area contributed by atoms with Crippen LogP contribution in [-0.2, 0) is 22.6 Å². The molecular weight excluding hydrogens is 454 g/mol. The molecule has 4 rings (SSSR count). The van der Waals surface area contributed by atoms with Gasteiger partial charge in [-0.2, -0.15) is 0 Å². The van der Waals surface area contributed by atoms with Crippen LogP contribution in [0.15, 0.2) is 78.1 Å². The van der Waals surface area contributed by atoms with Gasteiger partial charge in [0.25, 0.3) is 5.91 Å². The highest BCUT2D eigenvalue weighted by molar-refractivity contribution is 6.09. The molecule has 0 spiro atoms. The summed E-state index contributed by atoms with van der Waals surface area (Å²) in [6, 6.07) is 19.6. The number of aliphatic hydroxyl groups is 1. The number of ether oxygens (including phenoxy) is 1. The highest BCUT2D eigenvalue weighted by Crippen LogP contribution is 2.42. The van der Waals surface area contributed by atoms with Gasteiger partial charge >= 0.3 is 0 Å². The lowest BCUT2D eigenvalue weighted by molar-refractivity contribution is -0.130. The summed E-state index contributed by atoms with van der Waals surface area (Å²) >= 11 is 0. The molecule has 2 N–H and O–H groups in total. The maximum absolute atomic E-state index is 13.5. The summed E-state index contributed by atoms with van der Waals surface area (Å²) in [6.45, 7) is 6.33. The second kappa shape index (κ2) is 10.7. The minimum absolute atomic E-state index is 0.0313. The van der Waals surface area contributed by atoms with E-state index >= 15 is 0 Å². The molecule has 3 aromatic rings. The summed E-state index contributed by atoms with van der Waals surface area (Å²) in [4.78, 5) is 28.3. The van der Waals surface area contributed by atoms with Gasteiger partial charge in [0.2, 0.25) is 0 Å². The molecule has 1 atom stereocenters. The number of benzene rings is 3. The zero-order chi connectivity index (χ0) is 25.8. The third-order valence-electron chi connectivity index (χ3n) is 6.53. The Morgan fingerprint density at radius 1 is 1.00 bits per heavy atom. The van der Waals surface area contributed by atoms with Gasteiger partial charge in [0.1, 0.15) is 0 Å². The lowest BCUT2D eigenvalue weighted by Gasteiger charge is -2.28. The van der Waals surface area contributed by atoms with Crippen LogP contribution in [0.25, 0.3) is 0 Å². The van der Waals surface area contributed by atoms with Gasteiger partial charge in [0.05, 0.1) is 18.2 Å². The Balaban J connectivity index is 1.74. The number of rotatable bonds is 9. The first-order valence-electron chi connectivity index (χ1n) is 12.1.